The van der Waals surface area contributed by atoms with Crippen LogP contribution in [0.15, 0.2) is 0 Å². The van der Waals surface area contributed by atoms with Gasteiger partial charge in [-0.25, -0.2) is 0 Å². The normalized spacial score (nSPS) is 14.7. The minimum Gasteiger partial charge on any atom is -0.352 e. The molecular weight excluding hydrogens is 255 g/mol. The number of hydrogen-bond acceptors (Lipinski definition) is 1. The van der Waals surface area contributed by atoms with Crippen molar-refractivity contribution < 1.29 is 18.0 Å². The molecule has 0 heterocycles. The molecule has 0 saturated heterocycles. The second-order valence-electron chi connectivity index (χ2n) is 7.76. The first-order chi connectivity index (χ1) is 8.01. The van der Waals surface area contributed by atoms with Gasteiger partial charge in [-0.1, -0.05) is 41.5 Å². The number of halogens is 3. The Morgan fingerprint density at radius 2 is 1.16 bits per heavy atom. The van der Waals surface area contributed by atoms with Crippen molar-refractivity contribution in [3.05, 3.63) is 0 Å². The summed E-state index contributed by atoms with van der Waals surface area (Å²) in [7, 11) is 0. The van der Waals surface area contributed by atoms with Crippen molar-refractivity contribution in [1.29, 1.82) is 0 Å². The molecule has 0 aromatic carbocycles. The summed E-state index contributed by atoms with van der Waals surface area (Å²) in [6.07, 6.45) is -4.56. The maximum atomic E-state index is 12.9. The number of rotatable bonds is 2. The van der Waals surface area contributed by atoms with Crippen molar-refractivity contribution >= 4 is 5.91 Å². The molecule has 2 nitrogen and oxygen atoms in total. The summed E-state index contributed by atoms with van der Waals surface area (Å²) >= 11 is 0. The van der Waals surface area contributed by atoms with Crippen LogP contribution in [0.5, 0.6) is 0 Å². The number of carbonyl (C=O) groups is 1. The number of amides is 1. The Morgan fingerprint density at radius 3 is 1.37 bits per heavy atom. The van der Waals surface area contributed by atoms with Gasteiger partial charge in [-0.05, 0) is 24.7 Å². The van der Waals surface area contributed by atoms with E-state index in [4.69, 9.17) is 0 Å². The van der Waals surface area contributed by atoms with Crippen LogP contribution in [-0.2, 0) is 4.79 Å². The second kappa shape index (κ2) is 4.98. The molecule has 0 radical (unpaired) electrons. The largest absolute Gasteiger partial charge is 0.402 e. The number of nitrogens with one attached hydrogen (secondary N) is 1. The molecule has 0 atom stereocenters. The molecule has 0 aliphatic heterocycles. The van der Waals surface area contributed by atoms with Gasteiger partial charge in [0.1, 0.15) is 5.41 Å². The Bertz CT molecular complexity index is 318. The highest BCUT2D eigenvalue weighted by Gasteiger charge is 2.54. The molecule has 0 rings (SSSR count). The van der Waals surface area contributed by atoms with E-state index in [1.807, 2.05) is 41.5 Å². The van der Waals surface area contributed by atoms with Gasteiger partial charge in [0.15, 0.2) is 0 Å². The van der Waals surface area contributed by atoms with E-state index in [0.29, 0.717) is 0 Å². The van der Waals surface area contributed by atoms with Crippen LogP contribution in [0.1, 0.15) is 55.4 Å². The molecule has 0 aromatic rings. The summed E-state index contributed by atoms with van der Waals surface area (Å²) in [4.78, 5) is 12.0. The van der Waals surface area contributed by atoms with E-state index < -0.39 is 17.5 Å². The van der Waals surface area contributed by atoms with Crippen LogP contribution >= 0.6 is 0 Å². The third-order valence-corrected chi connectivity index (χ3v) is 3.28. The van der Waals surface area contributed by atoms with Gasteiger partial charge in [0.05, 0.1) is 0 Å². The second-order valence-corrected chi connectivity index (χ2v) is 7.76. The van der Waals surface area contributed by atoms with Gasteiger partial charge >= 0.3 is 6.18 Å². The van der Waals surface area contributed by atoms with Gasteiger partial charge in [0.2, 0.25) is 5.91 Å². The lowest BCUT2D eigenvalue weighted by Gasteiger charge is -2.42. The zero-order valence-corrected chi connectivity index (χ0v) is 13.1. The zero-order chi connectivity index (χ0) is 15.9. The van der Waals surface area contributed by atoms with Crippen LogP contribution < -0.4 is 5.32 Å². The molecule has 0 aliphatic rings. The van der Waals surface area contributed by atoms with Crippen LogP contribution in [0.4, 0.5) is 13.2 Å². The lowest BCUT2D eigenvalue weighted by molar-refractivity contribution is -0.212. The minimum atomic E-state index is -4.56. The Morgan fingerprint density at radius 1 is 0.842 bits per heavy atom. The number of hydrogen-bond donors (Lipinski definition) is 1. The van der Waals surface area contributed by atoms with E-state index in [1.165, 1.54) is 0 Å². The van der Waals surface area contributed by atoms with E-state index >= 15 is 0 Å². The molecule has 0 unspecified atom stereocenters. The predicted octanol–water partition coefficient (Wildman–Crippen LogP) is 4.15. The van der Waals surface area contributed by atoms with Gasteiger partial charge in [-0.15, -0.1) is 0 Å². The summed E-state index contributed by atoms with van der Waals surface area (Å²) in [6.45, 7) is 13.3. The highest BCUT2D eigenvalue weighted by Crippen LogP contribution is 2.39. The first-order valence-corrected chi connectivity index (χ1v) is 6.39. The average Bonchev–Trinajstić information content (AvgIpc) is 2.07. The minimum absolute atomic E-state index is 0.324. The highest BCUT2D eigenvalue weighted by atomic mass is 19.4. The third kappa shape index (κ3) is 4.39. The summed E-state index contributed by atoms with van der Waals surface area (Å²) in [5.41, 5.74) is -3.03. The number of alkyl halides is 3. The Hall–Kier alpha value is -0.740. The Kier molecular flexibility index (Phi) is 4.79. The predicted molar refractivity (Wildman–Crippen MR) is 70.7 cm³/mol. The first kappa shape index (κ1) is 18.3. The average molecular weight is 281 g/mol. The van der Waals surface area contributed by atoms with E-state index in [0.717, 1.165) is 13.8 Å². The lowest BCUT2D eigenvalue weighted by Crippen LogP contribution is -2.57. The highest BCUT2D eigenvalue weighted by molar-refractivity contribution is 5.83. The summed E-state index contributed by atoms with van der Waals surface area (Å²) < 4.78 is 38.6. The van der Waals surface area contributed by atoms with Crippen LogP contribution in [-0.4, -0.2) is 18.1 Å². The molecule has 0 fully saturated rings. The van der Waals surface area contributed by atoms with Gasteiger partial charge in [0, 0.05) is 6.04 Å². The molecule has 0 bridgehead atoms. The van der Waals surface area contributed by atoms with Crippen LogP contribution in [0.25, 0.3) is 0 Å². The zero-order valence-electron chi connectivity index (χ0n) is 13.1. The Labute approximate surface area is 114 Å². The van der Waals surface area contributed by atoms with Gasteiger partial charge in [-0.2, -0.15) is 13.2 Å². The fourth-order valence-electron chi connectivity index (χ4n) is 2.17. The molecule has 0 spiro atoms. The molecule has 5 heteroatoms. The van der Waals surface area contributed by atoms with Crippen LogP contribution in [0.3, 0.4) is 0 Å². The standard InChI is InChI=1S/C14H26F3NO/c1-11(2,3)9(12(4,5)6)18-10(19)13(7,8)14(15,16)17/h9H,1-8H3,(H,18,19). The molecule has 0 saturated carbocycles. The topological polar surface area (TPSA) is 29.1 Å². The molecule has 1 N–H and O–H groups in total. The van der Waals surface area contributed by atoms with Gasteiger partial charge in [-0.3, -0.25) is 4.79 Å². The van der Waals surface area contributed by atoms with Crippen molar-refractivity contribution in [2.45, 2.75) is 67.6 Å². The van der Waals surface area contributed by atoms with Crippen LogP contribution in [0.2, 0.25) is 0 Å². The maximum Gasteiger partial charge on any atom is 0.402 e. The Balaban J connectivity index is 5.26. The van der Waals surface area contributed by atoms with Gasteiger partial charge in [0.25, 0.3) is 0 Å². The van der Waals surface area contributed by atoms with E-state index in [-0.39, 0.29) is 16.9 Å². The molecule has 1 amide bonds. The first-order valence-electron chi connectivity index (χ1n) is 6.39. The molecule has 0 aromatic heterocycles. The SMILES string of the molecule is CC(C)(C)C(NC(=O)C(C)(C)C(F)(F)F)C(C)(C)C. The quantitative estimate of drug-likeness (QED) is 0.809. The number of carbonyl (C=O) groups excluding carboxylic acids is 1. The lowest BCUT2D eigenvalue weighted by atomic mass is 9.71. The van der Waals surface area contributed by atoms with E-state index in [2.05, 4.69) is 5.32 Å². The molecule has 19 heavy (non-hydrogen) atoms. The summed E-state index contributed by atoms with van der Waals surface area (Å²) in [5, 5.41) is 2.58. The molecular formula is C14H26F3NO. The maximum absolute atomic E-state index is 12.9. The van der Waals surface area contributed by atoms with Crippen LogP contribution in [0, 0.1) is 16.2 Å². The van der Waals surface area contributed by atoms with Gasteiger partial charge < -0.3 is 5.32 Å². The van der Waals surface area contributed by atoms with Crippen molar-refractivity contribution in [3.63, 3.8) is 0 Å². The summed E-state index contributed by atoms with van der Waals surface area (Å²) in [5.74, 6) is -0.977. The van der Waals surface area contributed by atoms with Crippen molar-refractivity contribution in [2.75, 3.05) is 0 Å². The smallest absolute Gasteiger partial charge is 0.352 e. The van der Waals surface area contributed by atoms with Crippen molar-refractivity contribution in [1.82, 2.24) is 5.32 Å². The molecule has 0 aliphatic carbocycles. The summed E-state index contributed by atoms with van der Waals surface area (Å²) in [6, 6.07) is -0.353. The molecule has 114 valence electrons. The fourth-order valence-corrected chi connectivity index (χ4v) is 2.17. The third-order valence-electron chi connectivity index (χ3n) is 3.28. The van der Waals surface area contributed by atoms with E-state index in [9.17, 15) is 18.0 Å². The van der Waals surface area contributed by atoms with Crippen molar-refractivity contribution in [3.8, 4) is 0 Å². The van der Waals surface area contributed by atoms with Crippen molar-refractivity contribution in [2.24, 2.45) is 16.2 Å². The fraction of sp³-hybridized carbons (Fsp3) is 0.929. The van der Waals surface area contributed by atoms with E-state index in [1.54, 1.807) is 0 Å². The monoisotopic (exact) mass is 281 g/mol.